The number of hydrogen-bond acceptors (Lipinski definition) is 3. The van der Waals surface area contributed by atoms with Gasteiger partial charge in [-0.2, -0.15) is 0 Å². The van der Waals surface area contributed by atoms with Crippen molar-refractivity contribution in [3.63, 3.8) is 0 Å². The van der Waals surface area contributed by atoms with Crippen LogP contribution in [0.4, 0.5) is 0 Å². The lowest BCUT2D eigenvalue weighted by Gasteiger charge is -2.56. The Kier molecular flexibility index (Phi) is 3.01. The first-order valence-electron chi connectivity index (χ1n) is 10.1. The molecule has 3 fully saturated rings. The van der Waals surface area contributed by atoms with E-state index >= 15 is 0 Å². The van der Waals surface area contributed by atoms with E-state index in [1.807, 2.05) is 19.9 Å². The summed E-state index contributed by atoms with van der Waals surface area (Å²) in [6.45, 7) is 8.69. The SMILES string of the molecule is CC1(C)OC2=C(O1)[C@@]1(C)C(=CC2=O)CC[C@H]2[C@@H]3CCC[C@@]3(C)CC[C@@H]21. The first-order valence-corrected chi connectivity index (χ1v) is 10.1. The van der Waals surface area contributed by atoms with Crippen LogP contribution in [0.2, 0.25) is 0 Å². The van der Waals surface area contributed by atoms with Gasteiger partial charge in [-0.15, -0.1) is 0 Å². The fourth-order valence-electron chi connectivity index (χ4n) is 7.09. The maximum atomic E-state index is 12.6. The van der Waals surface area contributed by atoms with Crippen LogP contribution in [-0.4, -0.2) is 11.6 Å². The van der Waals surface area contributed by atoms with Crippen molar-refractivity contribution >= 4 is 5.78 Å². The Morgan fingerprint density at radius 2 is 1.80 bits per heavy atom. The molecule has 0 N–H and O–H groups in total. The van der Waals surface area contributed by atoms with Crippen LogP contribution in [-0.2, 0) is 14.3 Å². The molecule has 0 aromatic rings. The molecule has 0 unspecified atom stereocenters. The molecule has 3 nitrogen and oxygen atoms in total. The molecular weight excluding hydrogens is 312 g/mol. The van der Waals surface area contributed by atoms with Crippen molar-refractivity contribution in [3.05, 3.63) is 23.2 Å². The Morgan fingerprint density at radius 1 is 1.00 bits per heavy atom. The van der Waals surface area contributed by atoms with E-state index < -0.39 is 5.79 Å². The molecular formula is C22H30O3. The highest BCUT2D eigenvalue weighted by molar-refractivity contribution is 6.05. The molecule has 136 valence electrons. The number of carbonyl (C=O) groups is 1. The lowest BCUT2D eigenvalue weighted by Crippen LogP contribution is -2.50. The Hall–Kier alpha value is -1.25. The van der Waals surface area contributed by atoms with E-state index in [9.17, 15) is 4.79 Å². The van der Waals surface area contributed by atoms with E-state index in [1.54, 1.807) is 0 Å². The average molecular weight is 342 g/mol. The first-order chi connectivity index (χ1) is 11.7. The summed E-state index contributed by atoms with van der Waals surface area (Å²) >= 11 is 0. The molecule has 5 rings (SSSR count). The van der Waals surface area contributed by atoms with Crippen LogP contribution in [0.1, 0.15) is 72.6 Å². The molecule has 3 heteroatoms. The predicted molar refractivity (Wildman–Crippen MR) is 95.4 cm³/mol. The predicted octanol–water partition coefficient (Wildman–Crippen LogP) is 5.12. The second kappa shape index (κ2) is 4.72. The molecule has 4 aliphatic carbocycles. The van der Waals surface area contributed by atoms with Gasteiger partial charge in [0, 0.05) is 13.8 Å². The van der Waals surface area contributed by atoms with E-state index in [4.69, 9.17) is 9.47 Å². The van der Waals surface area contributed by atoms with Crippen LogP contribution in [0.3, 0.4) is 0 Å². The quantitative estimate of drug-likeness (QED) is 0.613. The van der Waals surface area contributed by atoms with Gasteiger partial charge in [0.1, 0.15) is 0 Å². The molecule has 0 saturated heterocycles. The normalized spacial score (nSPS) is 47.1. The molecule has 5 aliphatic rings. The molecule has 1 heterocycles. The standard InChI is InChI=1S/C22H30O3/c1-20(2)24-18-17(23)12-13-7-8-14-15-6-5-10-21(15,3)11-9-16(14)22(13,4)19(18)25-20/h12,14-16H,5-11H2,1-4H3/t14-,15-,16-,21-,22-/m0/s1. The van der Waals surface area contributed by atoms with Gasteiger partial charge in [0.05, 0.1) is 5.41 Å². The van der Waals surface area contributed by atoms with Gasteiger partial charge in [0.15, 0.2) is 5.76 Å². The second-order valence-electron chi connectivity index (χ2n) is 10.00. The van der Waals surface area contributed by atoms with E-state index in [-0.39, 0.29) is 11.2 Å². The van der Waals surface area contributed by atoms with Gasteiger partial charge in [-0.05, 0) is 74.7 Å². The molecule has 0 aromatic heterocycles. The first kappa shape index (κ1) is 16.0. The van der Waals surface area contributed by atoms with E-state index in [1.165, 1.54) is 44.1 Å². The third kappa shape index (κ3) is 1.96. The fraction of sp³-hybridized carbons (Fsp3) is 0.773. The second-order valence-corrected chi connectivity index (χ2v) is 10.00. The Bertz CT molecular complexity index is 715. The monoisotopic (exact) mass is 342 g/mol. The molecule has 0 aromatic carbocycles. The van der Waals surface area contributed by atoms with Crippen LogP contribution in [0.5, 0.6) is 0 Å². The maximum Gasteiger partial charge on any atom is 0.245 e. The van der Waals surface area contributed by atoms with Gasteiger partial charge >= 0.3 is 0 Å². The summed E-state index contributed by atoms with van der Waals surface area (Å²) in [7, 11) is 0. The number of hydrogen-bond donors (Lipinski definition) is 0. The van der Waals surface area contributed by atoms with Gasteiger partial charge in [0.2, 0.25) is 17.3 Å². The zero-order valence-electron chi connectivity index (χ0n) is 16.0. The topological polar surface area (TPSA) is 35.5 Å². The van der Waals surface area contributed by atoms with Gasteiger partial charge in [-0.25, -0.2) is 0 Å². The molecule has 0 radical (unpaired) electrons. The van der Waals surface area contributed by atoms with Gasteiger partial charge < -0.3 is 9.47 Å². The zero-order chi connectivity index (χ0) is 17.6. The van der Waals surface area contributed by atoms with Crippen molar-refractivity contribution in [2.75, 3.05) is 0 Å². The molecule has 1 aliphatic heterocycles. The minimum atomic E-state index is -0.726. The molecule has 0 amide bonds. The summed E-state index contributed by atoms with van der Waals surface area (Å²) in [5.74, 6) is 2.80. The van der Waals surface area contributed by atoms with Crippen molar-refractivity contribution < 1.29 is 14.3 Å². The molecule has 0 spiro atoms. The smallest absolute Gasteiger partial charge is 0.245 e. The highest BCUT2D eigenvalue weighted by atomic mass is 16.7. The Morgan fingerprint density at radius 3 is 2.60 bits per heavy atom. The van der Waals surface area contributed by atoms with Crippen molar-refractivity contribution in [3.8, 4) is 0 Å². The van der Waals surface area contributed by atoms with Gasteiger partial charge in [-0.1, -0.05) is 18.9 Å². The summed E-state index contributed by atoms with van der Waals surface area (Å²) < 4.78 is 12.2. The summed E-state index contributed by atoms with van der Waals surface area (Å²) in [4.78, 5) is 12.6. The molecule has 3 saturated carbocycles. The van der Waals surface area contributed by atoms with Crippen LogP contribution >= 0.6 is 0 Å². The van der Waals surface area contributed by atoms with E-state index in [0.717, 1.165) is 24.0 Å². The Balaban J connectivity index is 1.59. The van der Waals surface area contributed by atoms with Gasteiger partial charge in [-0.3, -0.25) is 4.79 Å². The number of rotatable bonds is 0. The highest BCUT2D eigenvalue weighted by Crippen LogP contribution is 2.67. The minimum Gasteiger partial charge on any atom is -0.452 e. The van der Waals surface area contributed by atoms with Crippen LogP contribution in [0, 0.1) is 28.6 Å². The molecule has 5 atom stereocenters. The summed E-state index contributed by atoms with van der Waals surface area (Å²) in [6.07, 6.45) is 10.9. The minimum absolute atomic E-state index is 0.00742. The summed E-state index contributed by atoms with van der Waals surface area (Å²) in [5, 5.41) is 0. The number of allylic oxidation sites excluding steroid dienone is 2. The fourth-order valence-corrected chi connectivity index (χ4v) is 7.09. The average Bonchev–Trinajstić information content (AvgIpc) is 3.09. The zero-order valence-corrected chi connectivity index (χ0v) is 16.0. The molecule has 0 bridgehead atoms. The lowest BCUT2D eigenvalue weighted by atomic mass is 9.48. The summed E-state index contributed by atoms with van der Waals surface area (Å²) in [5.41, 5.74) is 1.69. The Labute approximate surface area is 150 Å². The van der Waals surface area contributed by atoms with Crippen LogP contribution in [0.15, 0.2) is 23.2 Å². The third-order valence-electron chi connectivity index (χ3n) is 8.28. The maximum absolute atomic E-state index is 12.6. The number of ketones is 1. The lowest BCUT2D eigenvalue weighted by molar-refractivity contribution is -0.141. The molecule has 25 heavy (non-hydrogen) atoms. The van der Waals surface area contributed by atoms with Gasteiger partial charge in [0.25, 0.3) is 0 Å². The van der Waals surface area contributed by atoms with Crippen molar-refractivity contribution in [2.45, 2.75) is 78.4 Å². The van der Waals surface area contributed by atoms with Crippen molar-refractivity contribution in [2.24, 2.45) is 28.6 Å². The third-order valence-corrected chi connectivity index (χ3v) is 8.28. The van der Waals surface area contributed by atoms with Crippen molar-refractivity contribution in [1.29, 1.82) is 0 Å². The van der Waals surface area contributed by atoms with E-state index in [2.05, 4.69) is 13.8 Å². The largest absolute Gasteiger partial charge is 0.452 e. The number of carbonyl (C=O) groups excluding carboxylic acids is 1. The van der Waals surface area contributed by atoms with Crippen LogP contribution in [0.25, 0.3) is 0 Å². The van der Waals surface area contributed by atoms with Crippen molar-refractivity contribution in [1.82, 2.24) is 0 Å². The summed E-state index contributed by atoms with van der Waals surface area (Å²) in [6, 6.07) is 0. The highest BCUT2D eigenvalue weighted by Gasteiger charge is 2.61. The van der Waals surface area contributed by atoms with Crippen LogP contribution < -0.4 is 0 Å². The number of fused-ring (bicyclic) bond motifs is 6. The van der Waals surface area contributed by atoms with E-state index in [0.29, 0.717) is 17.1 Å². The number of ether oxygens (including phenoxy) is 2.